The van der Waals surface area contributed by atoms with Crippen LogP contribution in [0, 0.1) is 12.3 Å². The Morgan fingerprint density at radius 1 is 1.25 bits per heavy atom. The van der Waals surface area contributed by atoms with Crippen LogP contribution in [0.25, 0.3) is 0 Å². The van der Waals surface area contributed by atoms with Crippen molar-refractivity contribution in [3.05, 3.63) is 35.1 Å². The van der Waals surface area contributed by atoms with Crippen LogP contribution in [0.2, 0.25) is 0 Å². The minimum Gasteiger partial charge on any atom is -0.346 e. The summed E-state index contributed by atoms with van der Waals surface area (Å²) in [6.45, 7) is 5.63. The molecular weight excluding hydrogens is 322 g/mol. The number of piperidine rings is 1. The summed E-state index contributed by atoms with van der Waals surface area (Å²) in [5.41, 5.74) is 3.70. The number of hydrogen-bond acceptors (Lipinski definition) is 6. The molecule has 1 atom stereocenters. The van der Waals surface area contributed by atoms with E-state index >= 15 is 0 Å². The highest BCUT2D eigenvalue weighted by molar-refractivity contribution is 7.13. The highest BCUT2D eigenvalue weighted by Crippen LogP contribution is 2.40. The number of likely N-dealkylation sites (tertiary alicyclic amines) is 1. The quantitative estimate of drug-likeness (QED) is 0.838. The molecule has 24 heavy (non-hydrogen) atoms. The maximum Gasteiger partial charge on any atom is 0.255 e. The van der Waals surface area contributed by atoms with Crippen molar-refractivity contribution in [1.82, 2.24) is 20.1 Å². The van der Waals surface area contributed by atoms with Gasteiger partial charge in [0.05, 0.1) is 5.56 Å². The van der Waals surface area contributed by atoms with Gasteiger partial charge in [0.1, 0.15) is 5.51 Å². The van der Waals surface area contributed by atoms with Crippen LogP contribution in [0.4, 0.5) is 5.13 Å². The van der Waals surface area contributed by atoms with Crippen LogP contribution in [0.5, 0.6) is 0 Å². The fourth-order valence-electron chi connectivity index (χ4n) is 3.97. The highest BCUT2D eigenvalue weighted by Gasteiger charge is 2.43. The molecule has 1 unspecified atom stereocenters. The van der Waals surface area contributed by atoms with Crippen molar-refractivity contribution in [2.45, 2.75) is 26.2 Å². The summed E-state index contributed by atoms with van der Waals surface area (Å²) in [6.07, 6.45) is 6.84. The van der Waals surface area contributed by atoms with E-state index in [1.807, 2.05) is 17.9 Å². The molecule has 0 radical (unpaired) electrons. The smallest absolute Gasteiger partial charge is 0.255 e. The second kappa shape index (κ2) is 6.12. The van der Waals surface area contributed by atoms with Crippen molar-refractivity contribution >= 4 is 22.4 Å². The summed E-state index contributed by atoms with van der Waals surface area (Å²) < 4.78 is 0. The summed E-state index contributed by atoms with van der Waals surface area (Å²) in [4.78, 5) is 21.3. The molecule has 0 aromatic carbocycles. The molecule has 2 fully saturated rings. The van der Waals surface area contributed by atoms with Crippen molar-refractivity contribution in [2.75, 3.05) is 31.1 Å². The topological polar surface area (TPSA) is 62.2 Å². The van der Waals surface area contributed by atoms with Crippen molar-refractivity contribution in [3.8, 4) is 0 Å². The van der Waals surface area contributed by atoms with E-state index in [1.54, 1.807) is 29.2 Å². The zero-order valence-corrected chi connectivity index (χ0v) is 14.6. The predicted octanol–water partition coefficient (Wildman–Crippen LogP) is 2.37. The van der Waals surface area contributed by atoms with Crippen molar-refractivity contribution in [1.29, 1.82) is 0 Å². The van der Waals surface area contributed by atoms with E-state index in [0.717, 1.165) is 49.7 Å². The van der Waals surface area contributed by atoms with Crippen molar-refractivity contribution < 1.29 is 4.79 Å². The molecule has 2 aliphatic rings. The molecule has 6 nitrogen and oxygen atoms in total. The number of rotatable bonds is 2. The standard InChI is InChI=1S/C17H21N5OS/c1-13-7-14(9-18-8-13)15(23)21-6-4-17(10-21)3-2-5-22(11-17)16-20-19-12-24-16/h7-9,12H,2-6,10-11H2,1H3. The van der Waals surface area contributed by atoms with Crippen LogP contribution in [0.1, 0.15) is 35.2 Å². The fourth-order valence-corrected chi connectivity index (χ4v) is 4.56. The van der Waals surface area contributed by atoms with Crippen LogP contribution < -0.4 is 4.90 Å². The third-order valence-electron chi connectivity index (χ3n) is 5.13. The Labute approximate surface area is 145 Å². The normalized spacial score (nSPS) is 23.9. The average Bonchev–Trinajstić information content (AvgIpc) is 3.25. The number of amides is 1. The summed E-state index contributed by atoms with van der Waals surface area (Å²) in [6, 6.07) is 1.93. The van der Waals surface area contributed by atoms with Gasteiger partial charge in [-0.15, -0.1) is 10.2 Å². The summed E-state index contributed by atoms with van der Waals surface area (Å²) >= 11 is 1.59. The molecule has 126 valence electrons. The Bertz CT molecular complexity index is 734. The number of carbonyl (C=O) groups is 1. The molecular formula is C17H21N5OS. The lowest BCUT2D eigenvalue weighted by molar-refractivity contribution is 0.0767. The predicted molar refractivity (Wildman–Crippen MR) is 93.3 cm³/mol. The maximum atomic E-state index is 12.8. The van der Waals surface area contributed by atoms with Crippen LogP contribution in [0.3, 0.4) is 0 Å². The second-order valence-corrected chi connectivity index (χ2v) is 7.79. The van der Waals surface area contributed by atoms with Gasteiger partial charge in [-0.3, -0.25) is 9.78 Å². The molecule has 4 rings (SSSR count). The van der Waals surface area contributed by atoms with Crippen molar-refractivity contribution in [3.63, 3.8) is 0 Å². The molecule has 1 amide bonds. The average molecular weight is 343 g/mol. The first-order valence-corrected chi connectivity index (χ1v) is 9.25. The van der Waals surface area contributed by atoms with Gasteiger partial charge in [0.25, 0.3) is 5.91 Å². The van der Waals surface area contributed by atoms with Gasteiger partial charge < -0.3 is 9.80 Å². The van der Waals surface area contributed by atoms with Crippen LogP contribution in [0.15, 0.2) is 24.0 Å². The molecule has 4 heterocycles. The van der Waals surface area contributed by atoms with Gasteiger partial charge in [-0.1, -0.05) is 11.3 Å². The van der Waals surface area contributed by atoms with E-state index in [4.69, 9.17) is 0 Å². The van der Waals surface area contributed by atoms with Crippen LogP contribution in [-0.2, 0) is 0 Å². The number of hydrogen-bond donors (Lipinski definition) is 0. The summed E-state index contributed by atoms with van der Waals surface area (Å²) in [5.74, 6) is 0.108. The maximum absolute atomic E-state index is 12.8. The Morgan fingerprint density at radius 2 is 2.17 bits per heavy atom. The Morgan fingerprint density at radius 3 is 2.96 bits per heavy atom. The third kappa shape index (κ3) is 2.88. The summed E-state index contributed by atoms with van der Waals surface area (Å²) in [5, 5.41) is 9.17. The van der Waals surface area contributed by atoms with Crippen molar-refractivity contribution in [2.24, 2.45) is 5.41 Å². The Kier molecular flexibility index (Phi) is 3.96. The van der Waals surface area contributed by atoms with Gasteiger partial charge in [0.15, 0.2) is 0 Å². The number of aryl methyl sites for hydroxylation is 1. The third-order valence-corrected chi connectivity index (χ3v) is 5.88. The lowest BCUT2D eigenvalue weighted by Gasteiger charge is -2.40. The molecule has 7 heteroatoms. The lowest BCUT2D eigenvalue weighted by Crippen LogP contribution is -2.45. The van der Waals surface area contributed by atoms with E-state index in [9.17, 15) is 4.79 Å². The first-order chi connectivity index (χ1) is 11.7. The minimum absolute atomic E-state index is 0.108. The van der Waals surface area contributed by atoms with Gasteiger partial charge >= 0.3 is 0 Å². The summed E-state index contributed by atoms with van der Waals surface area (Å²) in [7, 11) is 0. The zero-order chi connectivity index (χ0) is 16.6. The second-order valence-electron chi connectivity index (χ2n) is 6.97. The van der Waals surface area contributed by atoms with E-state index in [-0.39, 0.29) is 11.3 Å². The number of pyridine rings is 1. The first kappa shape index (κ1) is 15.5. The molecule has 2 aromatic rings. The van der Waals surface area contributed by atoms with E-state index in [1.165, 1.54) is 6.42 Å². The van der Waals surface area contributed by atoms with Crippen LogP contribution in [-0.4, -0.2) is 52.2 Å². The lowest BCUT2D eigenvalue weighted by atomic mass is 9.79. The number of nitrogens with zero attached hydrogens (tertiary/aromatic N) is 5. The van der Waals surface area contributed by atoms with Gasteiger partial charge in [0, 0.05) is 44.0 Å². The number of aromatic nitrogens is 3. The number of anilines is 1. The monoisotopic (exact) mass is 343 g/mol. The number of carbonyl (C=O) groups excluding carboxylic acids is 1. The van der Waals surface area contributed by atoms with Gasteiger partial charge in [-0.25, -0.2) is 0 Å². The molecule has 0 aliphatic carbocycles. The molecule has 2 aromatic heterocycles. The fraction of sp³-hybridized carbons (Fsp3) is 0.529. The largest absolute Gasteiger partial charge is 0.346 e. The van der Waals surface area contributed by atoms with Crippen LogP contribution >= 0.6 is 11.3 Å². The molecule has 0 bridgehead atoms. The Hall–Kier alpha value is -2.02. The van der Waals surface area contributed by atoms with Gasteiger partial charge in [0.2, 0.25) is 5.13 Å². The highest BCUT2D eigenvalue weighted by atomic mass is 32.1. The molecule has 0 saturated carbocycles. The molecule has 0 N–H and O–H groups in total. The van der Waals surface area contributed by atoms with Gasteiger partial charge in [-0.2, -0.15) is 0 Å². The molecule has 2 saturated heterocycles. The SMILES string of the molecule is Cc1cncc(C(=O)N2CCC3(CCCN(c4nncs4)C3)C2)c1. The van der Waals surface area contributed by atoms with Gasteiger partial charge in [-0.05, 0) is 37.8 Å². The minimum atomic E-state index is 0.108. The van der Waals surface area contributed by atoms with E-state index in [0.29, 0.717) is 5.56 Å². The molecule has 1 spiro atoms. The first-order valence-electron chi connectivity index (χ1n) is 8.37. The van der Waals surface area contributed by atoms with E-state index < -0.39 is 0 Å². The Balaban J connectivity index is 1.48. The van der Waals surface area contributed by atoms with E-state index in [2.05, 4.69) is 20.1 Å². The zero-order valence-electron chi connectivity index (χ0n) is 13.8. The molecule has 2 aliphatic heterocycles.